The molecule has 0 radical (unpaired) electrons. The minimum absolute atomic E-state index is 0.0475. The van der Waals surface area contributed by atoms with Gasteiger partial charge in [-0.1, -0.05) is 18.2 Å². The molecule has 5 heteroatoms. The van der Waals surface area contributed by atoms with E-state index in [4.69, 9.17) is 4.74 Å². The number of esters is 1. The van der Waals surface area contributed by atoms with Crippen molar-refractivity contribution >= 4 is 28.0 Å². The van der Waals surface area contributed by atoms with Crippen molar-refractivity contribution in [1.29, 1.82) is 0 Å². The molecule has 1 aromatic carbocycles. The Kier molecular flexibility index (Phi) is 3.70. The van der Waals surface area contributed by atoms with Crippen LogP contribution >= 0.6 is 0 Å². The van der Waals surface area contributed by atoms with Gasteiger partial charge in [0, 0.05) is 22.5 Å². The number of nitrogens with zero attached hydrogens (tertiary/aromatic N) is 1. The van der Waals surface area contributed by atoms with Crippen LogP contribution in [0.5, 0.6) is 0 Å². The number of hydrogen-bond acceptors (Lipinski definition) is 4. The second kappa shape index (κ2) is 5.68. The van der Waals surface area contributed by atoms with Crippen molar-refractivity contribution in [2.75, 3.05) is 6.61 Å². The van der Waals surface area contributed by atoms with Crippen LogP contribution in [0.15, 0.2) is 47.4 Å². The normalized spacial score (nSPS) is 10.9. The fraction of sp³-hybridized carbons (Fsp3) is 0.167. The fourth-order valence-corrected chi connectivity index (χ4v) is 2.67. The molecule has 23 heavy (non-hydrogen) atoms. The van der Waals surface area contributed by atoms with Crippen LogP contribution in [-0.4, -0.2) is 22.8 Å². The van der Waals surface area contributed by atoms with Crippen molar-refractivity contribution in [1.82, 2.24) is 4.40 Å². The first-order valence-corrected chi connectivity index (χ1v) is 7.29. The molecule has 3 rings (SSSR count). The molecule has 0 amide bonds. The van der Waals surface area contributed by atoms with E-state index in [1.165, 1.54) is 11.3 Å². The number of pyridine rings is 2. The summed E-state index contributed by atoms with van der Waals surface area (Å²) in [7, 11) is 0. The maximum atomic E-state index is 12.7. The Bertz CT molecular complexity index is 1000. The molecule has 0 aliphatic rings. The standard InChI is InChI=1S/C18H15NO4/c1-3-23-18(22)16-14-10-12(11(2)20)7-8-13(14)15-6-4-5-9-19(15)17(16)21/h4-10H,3H2,1-2H3. The van der Waals surface area contributed by atoms with E-state index in [9.17, 15) is 14.4 Å². The Morgan fingerprint density at radius 2 is 1.91 bits per heavy atom. The summed E-state index contributed by atoms with van der Waals surface area (Å²) in [6.07, 6.45) is 1.61. The number of aromatic nitrogens is 1. The summed E-state index contributed by atoms with van der Waals surface area (Å²) in [5, 5.41) is 1.16. The second-order valence-corrected chi connectivity index (χ2v) is 5.17. The number of fused-ring (bicyclic) bond motifs is 3. The molecule has 0 aliphatic heterocycles. The van der Waals surface area contributed by atoms with Crippen molar-refractivity contribution in [2.24, 2.45) is 0 Å². The minimum Gasteiger partial charge on any atom is -0.462 e. The van der Waals surface area contributed by atoms with Gasteiger partial charge in [-0.25, -0.2) is 4.79 Å². The lowest BCUT2D eigenvalue weighted by Crippen LogP contribution is -2.24. The molecular formula is C18H15NO4. The van der Waals surface area contributed by atoms with Crippen molar-refractivity contribution in [3.63, 3.8) is 0 Å². The minimum atomic E-state index is -0.679. The van der Waals surface area contributed by atoms with Crippen LogP contribution in [0, 0.1) is 0 Å². The van der Waals surface area contributed by atoms with Gasteiger partial charge in [0.2, 0.25) is 0 Å². The Morgan fingerprint density at radius 1 is 1.13 bits per heavy atom. The number of rotatable bonds is 3. The van der Waals surface area contributed by atoms with Gasteiger partial charge in [-0.3, -0.25) is 14.0 Å². The van der Waals surface area contributed by atoms with Crippen LogP contribution in [0.1, 0.15) is 34.6 Å². The second-order valence-electron chi connectivity index (χ2n) is 5.17. The third-order valence-corrected chi connectivity index (χ3v) is 3.74. The Labute approximate surface area is 132 Å². The fourth-order valence-electron chi connectivity index (χ4n) is 2.67. The lowest BCUT2D eigenvalue weighted by molar-refractivity contribution is 0.0526. The maximum Gasteiger partial charge on any atom is 0.344 e. The van der Waals surface area contributed by atoms with Crippen LogP contribution in [0.2, 0.25) is 0 Å². The Hall–Kier alpha value is -2.95. The highest BCUT2D eigenvalue weighted by Gasteiger charge is 2.20. The molecule has 0 saturated carbocycles. The molecule has 0 unspecified atom stereocenters. The predicted molar refractivity (Wildman–Crippen MR) is 87.1 cm³/mol. The summed E-state index contributed by atoms with van der Waals surface area (Å²) >= 11 is 0. The Balaban J connectivity index is 2.51. The number of ether oxygens (including phenoxy) is 1. The number of hydrogen-bond donors (Lipinski definition) is 0. The average molecular weight is 309 g/mol. The molecule has 5 nitrogen and oxygen atoms in total. The molecule has 0 saturated heterocycles. The third-order valence-electron chi connectivity index (χ3n) is 3.74. The molecule has 2 aromatic heterocycles. The monoisotopic (exact) mass is 309 g/mol. The van der Waals surface area contributed by atoms with Gasteiger partial charge in [0.1, 0.15) is 5.56 Å². The summed E-state index contributed by atoms with van der Waals surface area (Å²) in [4.78, 5) is 36.6. The highest BCUT2D eigenvalue weighted by atomic mass is 16.5. The van der Waals surface area contributed by atoms with E-state index in [0.29, 0.717) is 16.5 Å². The largest absolute Gasteiger partial charge is 0.462 e. The number of Topliss-reactive ketones (excluding diaryl/α,β-unsaturated/α-hetero) is 1. The summed E-state index contributed by atoms with van der Waals surface area (Å²) < 4.78 is 6.45. The lowest BCUT2D eigenvalue weighted by atomic mass is 10.0. The zero-order valence-electron chi connectivity index (χ0n) is 12.8. The van der Waals surface area contributed by atoms with E-state index >= 15 is 0 Å². The third kappa shape index (κ3) is 2.40. The van der Waals surface area contributed by atoms with Gasteiger partial charge in [0.15, 0.2) is 5.78 Å². The van der Waals surface area contributed by atoms with Crippen LogP contribution in [-0.2, 0) is 4.74 Å². The average Bonchev–Trinajstić information content (AvgIpc) is 2.55. The van der Waals surface area contributed by atoms with Gasteiger partial charge in [0.05, 0.1) is 12.1 Å². The first-order valence-electron chi connectivity index (χ1n) is 7.29. The van der Waals surface area contributed by atoms with Crippen LogP contribution in [0.3, 0.4) is 0 Å². The van der Waals surface area contributed by atoms with Crippen molar-refractivity contribution in [3.05, 3.63) is 64.1 Å². The van der Waals surface area contributed by atoms with Gasteiger partial charge in [-0.05, 0) is 32.0 Å². The highest BCUT2D eigenvalue weighted by molar-refractivity contribution is 6.11. The molecule has 0 aliphatic carbocycles. The molecule has 0 N–H and O–H groups in total. The summed E-state index contributed by atoms with van der Waals surface area (Å²) in [5.41, 5.74) is 0.624. The van der Waals surface area contributed by atoms with Crippen LogP contribution in [0.25, 0.3) is 16.3 Å². The quantitative estimate of drug-likeness (QED) is 0.424. The first-order chi connectivity index (χ1) is 11.0. The highest BCUT2D eigenvalue weighted by Crippen LogP contribution is 2.23. The smallest absolute Gasteiger partial charge is 0.344 e. The van der Waals surface area contributed by atoms with Gasteiger partial charge in [-0.15, -0.1) is 0 Å². The van der Waals surface area contributed by atoms with Gasteiger partial charge in [-0.2, -0.15) is 0 Å². The molecule has 2 heterocycles. The lowest BCUT2D eigenvalue weighted by Gasteiger charge is -2.11. The van der Waals surface area contributed by atoms with Gasteiger partial charge < -0.3 is 4.74 Å². The van der Waals surface area contributed by atoms with E-state index in [-0.39, 0.29) is 18.0 Å². The van der Waals surface area contributed by atoms with E-state index in [0.717, 1.165) is 5.39 Å². The molecule has 3 aromatic rings. The zero-order valence-corrected chi connectivity index (χ0v) is 12.8. The molecular weight excluding hydrogens is 294 g/mol. The number of carbonyl (C=O) groups excluding carboxylic acids is 2. The number of ketones is 1. The molecule has 0 spiro atoms. The van der Waals surface area contributed by atoms with Gasteiger partial charge in [0.25, 0.3) is 5.56 Å². The van der Waals surface area contributed by atoms with Crippen LogP contribution < -0.4 is 5.56 Å². The zero-order chi connectivity index (χ0) is 16.6. The summed E-state index contributed by atoms with van der Waals surface area (Å²) in [6, 6.07) is 10.4. The molecule has 116 valence electrons. The topological polar surface area (TPSA) is 64.8 Å². The van der Waals surface area contributed by atoms with E-state index in [2.05, 4.69) is 0 Å². The maximum absolute atomic E-state index is 12.7. The SMILES string of the molecule is CCOC(=O)c1c(=O)n2ccccc2c2ccc(C(C)=O)cc12. The van der Waals surface area contributed by atoms with Gasteiger partial charge >= 0.3 is 5.97 Å². The molecule has 0 atom stereocenters. The predicted octanol–water partition coefficient (Wildman–Crippen LogP) is 2.83. The summed E-state index contributed by atoms with van der Waals surface area (Å²) in [6.45, 7) is 3.29. The molecule has 0 fully saturated rings. The van der Waals surface area contributed by atoms with Crippen molar-refractivity contribution in [2.45, 2.75) is 13.8 Å². The molecule has 0 bridgehead atoms. The first kappa shape index (κ1) is 15.0. The number of benzene rings is 1. The van der Waals surface area contributed by atoms with E-state index in [1.54, 1.807) is 43.5 Å². The van der Waals surface area contributed by atoms with Crippen molar-refractivity contribution in [3.8, 4) is 0 Å². The summed E-state index contributed by atoms with van der Waals surface area (Å²) in [5.74, 6) is -0.809. The van der Waals surface area contributed by atoms with Crippen molar-refractivity contribution < 1.29 is 14.3 Å². The number of carbonyl (C=O) groups is 2. The van der Waals surface area contributed by atoms with E-state index in [1.807, 2.05) is 6.07 Å². The Morgan fingerprint density at radius 3 is 2.61 bits per heavy atom. The van der Waals surface area contributed by atoms with E-state index < -0.39 is 11.5 Å². The van der Waals surface area contributed by atoms with Crippen LogP contribution in [0.4, 0.5) is 0 Å².